The van der Waals surface area contributed by atoms with Gasteiger partial charge in [0, 0.05) is 17.7 Å². The van der Waals surface area contributed by atoms with Gasteiger partial charge in [-0.1, -0.05) is 24.4 Å². The summed E-state index contributed by atoms with van der Waals surface area (Å²) < 4.78 is 38.2. The van der Waals surface area contributed by atoms with Crippen molar-refractivity contribution in [2.45, 2.75) is 13.5 Å². The summed E-state index contributed by atoms with van der Waals surface area (Å²) in [6.07, 6.45) is 0. The van der Waals surface area contributed by atoms with Gasteiger partial charge in [-0.2, -0.15) is 0 Å². The van der Waals surface area contributed by atoms with Gasteiger partial charge in [-0.25, -0.2) is 17.5 Å². The van der Waals surface area contributed by atoms with Crippen LogP contribution < -0.4 is 10.5 Å². The number of nitrogens with two attached hydrogens (primary N) is 1. The summed E-state index contributed by atoms with van der Waals surface area (Å²) in [6.45, 7) is 1.42. The average Bonchev–Trinajstić information content (AvgIpc) is 2.27. The third-order valence-electron chi connectivity index (χ3n) is 2.20. The third kappa shape index (κ3) is 4.03. The van der Waals surface area contributed by atoms with Crippen LogP contribution in [-0.4, -0.2) is 19.2 Å². The van der Waals surface area contributed by atoms with Crippen LogP contribution in [0.2, 0.25) is 0 Å². The van der Waals surface area contributed by atoms with E-state index < -0.39 is 15.8 Å². The summed E-state index contributed by atoms with van der Waals surface area (Å²) in [5.74, 6) is -0.575. The molecule has 0 amide bonds. The quantitative estimate of drug-likeness (QED) is 0.784. The van der Waals surface area contributed by atoms with E-state index in [1.807, 2.05) is 0 Å². The van der Waals surface area contributed by atoms with Crippen LogP contribution in [-0.2, 0) is 16.6 Å². The van der Waals surface area contributed by atoms with E-state index in [0.29, 0.717) is 5.56 Å². The van der Waals surface area contributed by atoms with Crippen molar-refractivity contribution in [2.24, 2.45) is 5.73 Å². The lowest BCUT2D eigenvalue weighted by Gasteiger charge is -2.07. The van der Waals surface area contributed by atoms with E-state index in [4.69, 9.17) is 18.0 Å². The highest BCUT2D eigenvalue weighted by molar-refractivity contribution is 7.89. The Morgan fingerprint density at radius 3 is 2.65 bits per heavy atom. The Bertz CT molecular complexity index is 529. The molecule has 94 valence electrons. The van der Waals surface area contributed by atoms with Crippen molar-refractivity contribution < 1.29 is 12.8 Å². The second-order valence-electron chi connectivity index (χ2n) is 3.39. The molecule has 0 aromatic heterocycles. The topological polar surface area (TPSA) is 72.2 Å². The lowest BCUT2D eigenvalue weighted by Crippen LogP contribution is -2.25. The number of nitrogens with one attached hydrogen (secondary N) is 1. The summed E-state index contributed by atoms with van der Waals surface area (Å²) >= 11 is 4.71. The largest absolute Gasteiger partial charge is 0.389 e. The van der Waals surface area contributed by atoms with Gasteiger partial charge in [0.25, 0.3) is 0 Å². The molecule has 0 unspecified atom stereocenters. The van der Waals surface area contributed by atoms with Crippen LogP contribution in [0.25, 0.3) is 0 Å². The molecule has 0 saturated carbocycles. The summed E-state index contributed by atoms with van der Waals surface area (Å²) in [4.78, 5) is 0.101. The average molecular weight is 276 g/mol. The third-order valence-corrected chi connectivity index (χ3v) is 3.78. The number of thiocarbonyl (C=S) groups is 1. The van der Waals surface area contributed by atoms with Gasteiger partial charge >= 0.3 is 0 Å². The van der Waals surface area contributed by atoms with E-state index in [-0.39, 0.29) is 22.8 Å². The standard InChI is InChI=1S/C10H13FN2O2S2/c1-2-17(14,15)13-6-8-4-3-7(10(12)16)5-9(8)11/h3-5,13H,2,6H2,1H3,(H2,12,16). The first-order chi connectivity index (χ1) is 7.85. The first kappa shape index (κ1) is 14.0. The molecule has 0 bridgehead atoms. The number of sulfonamides is 1. The first-order valence-electron chi connectivity index (χ1n) is 4.91. The van der Waals surface area contributed by atoms with Crippen molar-refractivity contribution >= 4 is 27.2 Å². The zero-order valence-corrected chi connectivity index (χ0v) is 10.9. The minimum absolute atomic E-state index is 0.0421. The summed E-state index contributed by atoms with van der Waals surface area (Å²) in [7, 11) is -3.33. The van der Waals surface area contributed by atoms with Crippen LogP contribution in [0.5, 0.6) is 0 Å². The van der Waals surface area contributed by atoms with Gasteiger partial charge in [0.1, 0.15) is 10.8 Å². The lowest BCUT2D eigenvalue weighted by atomic mass is 10.1. The molecule has 0 spiro atoms. The summed E-state index contributed by atoms with van der Waals surface area (Å²) in [5, 5.41) is 0. The van der Waals surface area contributed by atoms with Gasteiger partial charge in [0.05, 0.1) is 5.75 Å². The van der Waals surface area contributed by atoms with Crippen molar-refractivity contribution in [1.82, 2.24) is 4.72 Å². The first-order valence-corrected chi connectivity index (χ1v) is 6.97. The Balaban J connectivity index is 2.84. The monoisotopic (exact) mass is 276 g/mol. The molecule has 1 rings (SSSR count). The molecule has 1 aromatic rings. The van der Waals surface area contributed by atoms with E-state index in [1.54, 1.807) is 6.07 Å². The number of halogens is 1. The highest BCUT2D eigenvalue weighted by Crippen LogP contribution is 2.10. The molecule has 0 aliphatic rings. The van der Waals surface area contributed by atoms with Crippen LogP contribution in [0, 0.1) is 5.82 Å². The van der Waals surface area contributed by atoms with Crippen molar-refractivity contribution in [1.29, 1.82) is 0 Å². The van der Waals surface area contributed by atoms with Crippen molar-refractivity contribution in [3.05, 3.63) is 35.1 Å². The van der Waals surface area contributed by atoms with E-state index >= 15 is 0 Å². The maximum absolute atomic E-state index is 13.5. The molecule has 0 aliphatic heterocycles. The second-order valence-corrected chi connectivity index (χ2v) is 5.93. The predicted octanol–water partition coefficient (Wildman–Crippen LogP) is 0.899. The van der Waals surface area contributed by atoms with Gasteiger partial charge in [-0.15, -0.1) is 0 Å². The van der Waals surface area contributed by atoms with Crippen LogP contribution in [0.1, 0.15) is 18.1 Å². The van der Waals surface area contributed by atoms with Gasteiger partial charge in [-0.3, -0.25) is 0 Å². The van der Waals surface area contributed by atoms with E-state index in [1.165, 1.54) is 19.1 Å². The van der Waals surface area contributed by atoms with Gasteiger partial charge in [0.15, 0.2) is 0 Å². The SMILES string of the molecule is CCS(=O)(=O)NCc1ccc(C(N)=S)cc1F. The van der Waals surface area contributed by atoms with Crippen LogP contribution in [0.4, 0.5) is 4.39 Å². The molecule has 0 atom stereocenters. The molecule has 7 heteroatoms. The minimum atomic E-state index is -3.33. The number of benzene rings is 1. The molecule has 4 nitrogen and oxygen atoms in total. The second kappa shape index (κ2) is 5.52. The molecule has 0 radical (unpaired) electrons. The summed E-state index contributed by atoms with van der Waals surface area (Å²) in [6, 6.07) is 4.21. The Kier molecular flexibility index (Phi) is 4.55. The fraction of sp³-hybridized carbons (Fsp3) is 0.300. The molecule has 3 N–H and O–H groups in total. The fourth-order valence-corrected chi connectivity index (χ4v) is 1.84. The molecule has 0 heterocycles. The molecule has 1 aromatic carbocycles. The van der Waals surface area contributed by atoms with Crippen LogP contribution in [0.3, 0.4) is 0 Å². The fourth-order valence-electron chi connectivity index (χ4n) is 1.13. The van der Waals surface area contributed by atoms with E-state index in [9.17, 15) is 12.8 Å². The molecular formula is C10H13FN2O2S2. The van der Waals surface area contributed by atoms with Gasteiger partial charge in [-0.05, 0) is 13.0 Å². The molecule has 0 saturated heterocycles. The van der Waals surface area contributed by atoms with Crippen molar-refractivity contribution in [3.63, 3.8) is 0 Å². The molecule has 0 aliphatic carbocycles. The zero-order valence-electron chi connectivity index (χ0n) is 9.23. The zero-order chi connectivity index (χ0) is 13.1. The van der Waals surface area contributed by atoms with Crippen LogP contribution in [0.15, 0.2) is 18.2 Å². The number of hydrogen-bond acceptors (Lipinski definition) is 3. The smallest absolute Gasteiger partial charge is 0.211 e. The Hall–Kier alpha value is -1.05. The predicted molar refractivity (Wildman–Crippen MR) is 68.6 cm³/mol. The lowest BCUT2D eigenvalue weighted by molar-refractivity contribution is 0.575. The molecule has 0 fully saturated rings. The highest BCUT2D eigenvalue weighted by atomic mass is 32.2. The number of hydrogen-bond donors (Lipinski definition) is 2. The Labute approximate surface area is 105 Å². The Morgan fingerprint density at radius 1 is 1.53 bits per heavy atom. The van der Waals surface area contributed by atoms with Crippen LogP contribution >= 0.6 is 12.2 Å². The van der Waals surface area contributed by atoms with Gasteiger partial charge in [0.2, 0.25) is 10.0 Å². The minimum Gasteiger partial charge on any atom is -0.389 e. The normalized spacial score (nSPS) is 11.4. The maximum Gasteiger partial charge on any atom is 0.211 e. The molecular weight excluding hydrogens is 263 g/mol. The Morgan fingerprint density at radius 2 is 2.18 bits per heavy atom. The molecule has 17 heavy (non-hydrogen) atoms. The van der Waals surface area contributed by atoms with E-state index in [0.717, 1.165) is 0 Å². The highest BCUT2D eigenvalue weighted by Gasteiger charge is 2.09. The van der Waals surface area contributed by atoms with Crippen molar-refractivity contribution in [2.75, 3.05) is 5.75 Å². The maximum atomic E-state index is 13.5. The van der Waals surface area contributed by atoms with Crippen molar-refractivity contribution in [3.8, 4) is 0 Å². The van der Waals surface area contributed by atoms with Gasteiger partial charge < -0.3 is 5.73 Å². The number of rotatable bonds is 5. The summed E-state index contributed by atoms with van der Waals surface area (Å²) in [5.41, 5.74) is 6.02. The van der Waals surface area contributed by atoms with E-state index in [2.05, 4.69) is 4.72 Å².